The van der Waals surface area contributed by atoms with Crippen LogP contribution in [0.4, 0.5) is 0 Å². The second kappa shape index (κ2) is 15.7. The van der Waals surface area contributed by atoms with E-state index < -0.39 is 50.3 Å². The highest BCUT2D eigenvalue weighted by Crippen LogP contribution is 2.49. The number of hydrogen-bond donors (Lipinski definition) is 1. The summed E-state index contributed by atoms with van der Waals surface area (Å²) < 4.78 is 60.2. The third kappa shape index (κ3) is 9.61. The molecule has 11 heteroatoms. The van der Waals surface area contributed by atoms with Crippen molar-refractivity contribution in [1.82, 2.24) is 0 Å². The molecule has 0 aliphatic carbocycles. The van der Waals surface area contributed by atoms with Gasteiger partial charge in [0.2, 0.25) is 0 Å². The van der Waals surface area contributed by atoms with E-state index in [1.807, 2.05) is 19.1 Å². The van der Waals surface area contributed by atoms with Gasteiger partial charge < -0.3 is 23.4 Å². The Morgan fingerprint density at radius 1 is 0.811 bits per heavy atom. The summed E-state index contributed by atoms with van der Waals surface area (Å²) in [5.74, 6) is -1.20. The normalized spacial score (nSPS) is 26.1. The molecule has 5 rings (SSSR count). The van der Waals surface area contributed by atoms with E-state index in [2.05, 4.69) is 110 Å². The van der Waals surface area contributed by atoms with Crippen LogP contribution in [-0.4, -0.2) is 73.1 Å². The number of hydrogen-bond acceptors (Lipinski definition) is 8. The van der Waals surface area contributed by atoms with Crippen LogP contribution in [0.3, 0.4) is 0 Å². The monoisotopic (exact) mass is 782 g/mol. The summed E-state index contributed by atoms with van der Waals surface area (Å²) in [4.78, 5) is 0.0965. The number of aliphatic hydroxyl groups is 1. The lowest BCUT2D eigenvalue weighted by Gasteiger charge is -2.55. The Morgan fingerprint density at radius 2 is 1.36 bits per heavy atom. The Labute approximate surface area is 320 Å². The van der Waals surface area contributed by atoms with Crippen LogP contribution in [-0.2, 0) is 32.6 Å². The molecule has 0 amide bonds. The summed E-state index contributed by atoms with van der Waals surface area (Å²) in [6, 6.07) is 27.7. The predicted molar refractivity (Wildman–Crippen MR) is 216 cm³/mol. The highest BCUT2D eigenvalue weighted by molar-refractivity contribution is 7.86. The Hall–Kier alpha value is -2.20. The Kier molecular flexibility index (Phi) is 12.5. The molecule has 0 radical (unpaired) electrons. The molecule has 0 aromatic heterocycles. The van der Waals surface area contributed by atoms with Crippen LogP contribution in [0.15, 0.2) is 89.8 Å². The topological polar surface area (TPSA) is 101 Å². The molecule has 2 heterocycles. The maximum Gasteiger partial charge on any atom is 0.297 e. The van der Waals surface area contributed by atoms with Gasteiger partial charge in [0.15, 0.2) is 14.1 Å². The largest absolute Gasteiger partial charge is 0.411 e. The van der Waals surface area contributed by atoms with Crippen LogP contribution in [0.2, 0.25) is 23.2 Å². The molecule has 1 N–H and O–H groups in total. The number of rotatable bonds is 12. The average molecular weight is 783 g/mol. The maximum absolute atomic E-state index is 13.3. The van der Waals surface area contributed by atoms with Crippen LogP contribution in [0.25, 0.3) is 0 Å². The molecule has 2 aliphatic heterocycles. The van der Waals surface area contributed by atoms with E-state index in [9.17, 15) is 13.5 Å². The molecule has 0 bridgehead atoms. The van der Waals surface area contributed by atoms with Crippen molar-refractivity contribution < 1.29 is 36.0 Å². The number of aryl methyl sites for hydroxylation is 1. The van der Waals surface area contributed by atoms with Gasteiger partial charge in [-0.1, -0.05) is 120 Å². The molecule has 2 aliphatic rings. The minimum Gasteiger partial charge on any atom is -0.411 e. The maximum atomic E-state index is 13.3. The zero-order valence-electron chi connectivity index (χ0n) is 33.5. The first-order chi connectivity index (χ1) is 24.6. The molecular weight excluding hydrogens is 721 g/mol. The van der Waals surface area contributed by atoms with Crippen LogP contribution in [0, 0.1) is 6.92 Å². The third-order valence-corrected chi connectivity index (χ3v) is 22.3. The van der Waals surface area contributed by atoms with Gasteiger partial charge in [0.25, 0.3) is 18.4 Å². The van der Waals surface area contributed by atoms with Gasteiger partial charge in [-0.3, -0.25) is 4.18 Å². The molecule has 0 saturated carbocycles. The molecular formula is C42H62O8SSi2. The average Bonchev–Trinajstić information content (AvgIpc) is 3.04. The lowest BCUT2D eigenvalue weighted by molar-refractivity contribution is -0.350. The Balaban J connectivity index is 1.40. The van der Waals surface area contributed by atoms with E-state index in [4.69, 9.17) is 22.5 Å². The fourth-order valence-electron chi connectivity index (χ4n) is 8.01. The zero-order valence-corrected chi connectivity index (χ0v) is 36.3. The summed E-state index contributed by atoms with van der Waals surface area (Å²) in [5.41, 5.74) is 0.246. The first-order valence-corrected chi connectivity index (χ1v) is 25.3. The molecule has 292 valence electrons. The predicted octanol–water partition coefficient (Wildman–Crippen LogP) is 7.86. The van der Waals surface area contributed by atoms with Crippen molar-refractivity contribution in [2.24, 2.45) is 0 Å². The van der Waals surface area contributed by atoms with Gasteiger partial charge >= 0.3 is 0 Å². The van der Waals surface area contributed by atoms with Crippen molar-refractivity contribution in [3.63, 3.8) is 0 Å². The van der Waals surface area contributed by atoms with E-state index in [1.54, 1.807) is 24.3 Å². The van der Waals surface area contributed by atoms with E-state index in [-0.39, 0.29) is 34.1 Å². The second-order valence-electron chi connectivity index (χ2n) is 18.0. The fourth-order valence-corrected chi connectivity index (χ4v) is 15.2. The highest BCUT2D eigenvalue weighted by atomic mass is 32.2. The van der Waals surface area contributed by atoms with E-state index in [0.29, 0.717) is 32.3 Å². The molecule has 5 atom stereocenters. The summed E-state index contributed by atoms with van der Waals surface area (Å²) in [5, 5.41) is 13.6. The zero-order chi connectivity index (χ0) is 38.9. The molecule has 2 fully saturated rings. The van der Waals surface area contributed by atoms with Crippen LogP contribution in [0.1, 0.15) is 86.1 Å². The summed E-state index contributed by atoms with van der Waals surface area (Å²) in [7, 11) is -9.11. The van der Waals surface area contributed by atoms with Crippen LogP contribution >= 0.6 is 0 Å². The van der Waals surface area contributed by atoms with Gasteiger partial charge in [-0.05, 0) is 72.4 Å². The Morgan fingerprint density at radius 3 is 1.89 bits per heavy atom. The summed E-state index contributed by atoms with van der Waals surface area (Å²) in [6.45, 7) is 22.0. The van der Waals surface area contributed by atoms with Crippen LogP contribution < -0.4 is 10.4 Å². The molecule has 0 unspecified atom stereocenters. The van der Waals surface area contributed by atoms with Gasteiger partial charge in [0.1, 0.15) is 0 Å². The van der Waals surface area contributed by atoms with Crippen molar-refractivity contribution in [3.05, 3.63) is 90.5 Å². The highest BCUT2D eigenvalue weighted by Gasteiger charge is 2.56. The SMILES string of the molecule is Cc1ccc(S(=O)(=O)OC[C@H]2C[C@](C)(O[Si](C)(C)C(C)(C)C)C[C@]3(C[C@@H](O)C[C@H](CCO[Si](c4ccccc4)(c4ccccc4)C(C)(C)C)O3)O2)cc1. The van der Waals surface area contributed by atoms with Crippen LogP contribution in [0.5, 0.6) is 0 Å². The van der Waals surface area contributed by atoms with Gasteiger partial charge in [-0.25, -0.2) is 0 Å². The number of aliphatic hydroxyl groups excluding tert-OH is 1. The first-order valence-electron chi connectivity index (χ1n) is 19.0. The Bertz CT molecular complexity index is 1720. The van der Waals surface area contributed by atoms with Crippen molar-refractivity contribution in [1.29, 1.82) is 0 Å². The third-order valence-electron chi connectivity index (χ3n) is 11.3. The van der Waals surface area contributed by atoms with Gasteiger partial charge in [-0.2, -0.15) is 8.42 Å². The fraction of sp³-hybridized carbons (Fsp3) is 0.571. The molecule has 53 heavy (non-hydrogen) atoms. The van der Waals surface area contributed by atoms with Crippen molar-refractivity contribution in [2.45, 2.75) is 145 Å². The van der Waals surface area contributed by atoms with Gasteiger partial charge in [0, 0.05) is 25.9 Å². The van der Waals surface area contributed by atoms with Crippen molar-refractivity contribution in [2.75, 3.05) is 13.2 Å². The molecule has 3 aromatic rings. The van der Waals surface area contributed by atoms with Gasteiger partial charge in [0.05, 0.1) is 35.4 Å². The number of benzene rings is 3. The number of ether oxygens (including phenoxy) is 2. The van der Waals surface area contributed by atoms with E-state index in [0.717, 1.165) is 5.56 Å². The standard InChI is InChI=1S/C42H62O8SSi2/c1-32-21-23-36(24-22-32)51(44,45)46-30-35-29-41(8,50-52(9,10)39(2,3)4)31-42(49-35)28-33(43)27-34(48-42)25-26-47-53(40(5,6)7,37-17-13-11-14-18-37)38-19-15-12-16-20-38/h11-24,33-35,43H,25-31H2,1-10H3/t33-,34-,35+,41-,42-/m0/s1. The van der Waals surface area contributed by atoms with Gasteiger partial charge in [-0.15, -0.1) is 0 Å². The molecule has 8 nitrogen and oxygen atoms in total. The molecule has 1 spiro atoms. The lowest BCUT2D eigenvalue weighted by atomic mass is 9.82. The van der Waals surface area contributed by atoms with E-state index in [1.165, 1.54) is 10.4 Å². The van der Waals surface area contributed by atoms with Crippen molar-refractivity contribution >= 4 is 37.1 Å². The molecule has 2 saturated heterocycles. The minimum atomic E-state index is -4.03. The first kappa shape index (κ1) is 42.0. The smallest absolute Gasteiger partial charge is 0.297 e. The van der Waals surface area contributed by atoms with Crippen molar-refractivity contribution in [3.8, 4) is 0 Å². The second-order valence-corrected chi connectivity index (χ2v) is 28.7. The summed E-state index contributed by atoms with van der Waals surface area (Å²) in [6.07, 6.45) is 0.366. The molecule has 3 aromatic carbocycles. The summed E-state index contributed by atoms with van der Waals surface area (Å²) >= 11 is 0. The van der Waals surface area contributed by atoms with E-state index >= 15 is 0 Å². The quantitative estimate of drug-likeness (QED) is 0.147. The minimum absolute atomic E-state index is 0.0595. The lowest BCUT2D eigenvalue weighted by Crippen LogP contribution is -2.66.